The summed E-state index contributed by atoms with van der Waals surface area (Å²) in [5.74, 6) is 0. The molecule has 0 radical (unpaired) electrons. The van der Waals surface area contributed by atoms with Crippen LogP contribution < -0.4 is 10.5 Å². The summed E-state index contributed by atoms with van der Waals surface area (Å²) in [6, 6.07) is 12.4. The van der Waals surface area contributed by atoms with Crippen molar-refractivity contribution in [3.05, 3.63) is 59.2 Å². The van der Waals surface area contributed by atoms with Gasteiger partial charge in [0, 0.05) is 12.2 Å². The predicted molar refractivity (Wildman–Crippen MR) is 81.1 cm³/mol. The molecule has 0 bridgehead atoms. The molecule has 0 aliphatic rings. The first-order valence-electron chi connectivity index (χ1n) is 6.31. The van der Waals surface area contributed by atoms with E-state index < -0.39 is 10.0 Å². The molecular formula is C15H18N2O2S. The first-order chi connectivity index (χ1) is 9.42. The second-order valence-electron chi connectivity index (χ2n) is 4.78. The zero-order valence-electron chi connectivity index (χ0n) is 11.6. The van der Waals surface area contributed by atoms with E-state index in [1.54, 1.807) is 31.2 Å². The molecule has 0 spiro atoms. The van der Waals surface area contributed by atoms with Gasteiger partial charge in [-0.05, 0) is 43.2 Å². The summed E-state index contributed by atoms with van der Waals surface area (Å²) in [6.45, 7) is 4.03. The lowest BCUT2D eigenvalue weighted by molar-refractivity contribution is 0.600. The highest BCUT2D eigenvalue weighted by Gasteiger charge is 2.17. The van der Waals surface area contributed by atoms with E-state index >= 15 is 0 Å². The third-order valence-electron chi connectivity index (χ3n) is 3.08. The molecule has 2 rings (SSSR count). The largest absolute Gasteiger partial charge is 0.326 e. The van der Waals surface area contributed by atoms with Crippen molar-refractivity contribution in [2.45, 2.75) is 25.3 Å². The molecule has 0 atom stereocenters. The van der Waals surface area contributed by atoms with Crippen molar-refractivity contribution in [1.29, 1.82) is 0 Å². The molecule has 2 aromatic rings. The van der Waals surface area contributed by atoms with Crippen LogP contribution in [-0.4, -0.2) is 8.42 Å². The Morgan fingerprint density at radius 1 is 1.05 bits per heavy atom. The predicted octanol–water partition coefficient (Wildman–Crippen LogP) is 2.56. The van der Waals surface area contributed by atoms with Crippen molar-refractivity contribution in [3.8, 4) is 0 Å². The van der Waals surface area contributed by atoms with Crippen molar-refractivity contribution in [2.75, 3.05) is 4.72 Å². The van der Waals surface area contributed by atoms with Crippen LogP contribution in [-0.2, 0) is 16.6 Å². The molecule has 0 heterocycles. The number of nitrogens with one attached hydrogen (secondary N) is 1. The topological polar surface area (TPSA) is 72.2 Å². The Morgan fingerprint density at radius 3 is 2.30 bits per heavy atom. The minimum atomic E-state index is -3.60. The molecule has 0 saturated heterocycles. The second-order valence-corrected chi connectivity index (χ2v) is 6.43. The number of hydrogen-bond acceptors (Lipinski definition) is 3. The zero-order chi connectivity index (χ0) is 14.8. The van der Waals surface area contributed by atoms with E-state index in [0.717, 1.165) is 11.1 Å². The summed E-state index contributed by atoms with van der Waals surface area (Å²) in [4.78, 5) is 0.265. The maximum atomic E-state index is 12.4. The van der Waals surface area contributed by atoms with E-state index in [1.807, 2.05) is 25.1 Å². The summed E-state index contributed by atoms with van der Waals surface area (Å²) in [5.41, 5.74) is 8.68. The Hall–Kier alpha value is -1.85. The van der Waals surface area contributed by atoms with Crippen LogP contribution in [0.1, 0.15) is 16.7 Å². The highest BCUT2D eigenvalue weighted by molar-refractivity contribution is 7.92. The Labute approximate surface area is 119 Å². The Kier molecular flexibility index (Phi) is 4.11. The van der Waals surface area contributed by atoms with Crippen LogP contribution in [0.5, 0.6) is 0 Å². The SMILES string of the molecule is Cc1ccc(NS(=O)(=O)c2cc(CN)ccc2C)cc1. The molecule has 3 N–H and O–H groups in total. The van der Waals surface area contributed by atoms with Gasteiger partial charge in [0.15, 0.2) is 0 Å². The average Bonchev–Trinajstić information content (AvgIpc) is 2.41. The number of aryl methyl sites for hydroxylation is 2. The summed E-state index contributed by atoms with van der Waals surface area (Å²) >= 11 is 0. The van der Waals surface area contributed by atoms with Gasteiger partial charge in [-0.2, -0.15) is 0 Å². The van der Waals surface area contributed by atoms with Crippen LogP contribution in [0.25, 0.3) is 0 Å². The van der Waals surface area contributed by atoms with E-state index in [4.69, 9.17) is 5.73 Å². The number of rotatable bonds is 4. The second kappa shape index (κ2) is 5.64. The van der Waals surface area contributed by atoms with Gasteiger partial charge in [-0.15, -0.1) is 0 Å². The Bertz CT molecular complexity index is 707. The maximum Gasteiger partial charge on any atom is 0.262 e. The molecule has 20 heavy (non-hydrogen) atoms. The van der Waals surface area contributed by atoms with Gasteiger partial charge in [-0.25, -0.2) is 8.42 Å². The van der Waals surface area contributed by atoms with Crippen LogP contribution in [0.3, 0.4) is 0 Å². The highest BCUT2D eigenvalue weighted by atomic mass is 32.2. The lowest BCUT2D eigenvalue weighted by Gasteiger charge is -2.11. The standard InChI is InChI=1S/C15H18N2O2S/c1-11-3-7-14(8-4-11)17-20(18,19)15-9-13(10-16)6-5-12(15)2/h3-9,17H,10,16H2,1-2H3. The summed E-state index contributed by atoms with van der Waals surface area (Å²) in [5, 5.41) is 0. The van der Waals surface area contributed by atoms with Gasteiger partial charge >= 0.3 is 0 Å². The summed E-state index contributed by atoms with van der Waals surface area (Å²) < 4.78 is 27.4. The smallest absolute Gasteiger partial charge is 0.262 e. The molecule has 0 aromatic heterocycles. The van der Waals surface area contributed by atoms with Crippen molar-refractivity contribution in [1.82, 2.24) is 0 Å². The van der Waals surface area contributed by atoms with Crippen LogP contribution >= 0.6 is 0 Å². The van der Waals surface area contributed by atoms with Crippen molar-refractivity contribution in [3.63, 3.8) is 0 Å². The van der Waals surface area contributed by atoms with Gasteiger partial charge in [0.1, 0.15) is 0 Å². The quantitative estimate of drug-likeness (QED) is 0.909. The first kappa shape index (κ1) is 14.6. The summed E-state index contributed by atoms with van der Waals surface area (Å²) in [7, 11) is -3.60. The molecule has 0 aliphatic heterocycles. The fraction of sp³-hybridized carbons (Fsp3) is 0.200. The molecule has 2 aromatic carbocycles. The van der Waals surface area contributed by atoms with Gasteiger partial charge < -0.3 is 5.73 Å². The third kappa shape index (κ3) is 3.18. The van der Waals surface area contributed by atoms with Crippen LogP contribution in [0.4, 0.5) is 5.69 Å². The minimum absolute atomic E-state index is 0.265. The van der Waals surface area contributed by atoms with E-state index in [0.29, 0.717) is 17.8 Å². The molecule has 106 valence electrons. The van der Waals surface area contributed by atoms with Crippen molar-refractivity contribution >= 4 is 15.7 Å². The van der Waals surface area contributed by atoms with Gasteiger partial charge in [0.05, 0.1) is 4.90 Å². The molecule has 0 aliphatic carbocycles. The van der Waals surface area contributed by atoms with E-state index in [1.165, 1.54) is 0 Å². The van der Waals surface area contributed by atoms with Gasteiger partial charge in [0.25, 0.3) is 10.0 Å². The number of anilines is 1. The van der Waals surface area contributed by atoms with E-state index in [9.17, 15) is 8.42 Å². The van der Waals surface area contributed by atoms with E-state index in [2.05, 4.69) is 4.72 Å². The van der Waals surface area contributed by atoms with Gasteiger partial charge in [0.2, 0.25) is 0 Å². The zero-order valence-corrected chi connectivity index (χ0v) is 12.4. The maximum absolute atomic E-state index is 12.4. The molecule has 0 amide bonds. The van der Waals surface area contributed by atoms with Gasteiger partial charge in [-0.1, -0.05) is 29.8 Å². The first-order valence-corrected chi connectivity index (χ1v) is 7.80. The summed E-state index contributed by atoms with van der Waals surface area (Å²) in [6.07, 6.45) is 0. The molecule has 0 saturated carbocycles. The van der Waals surface area contributed by atoms with Crippen molar-refractivity contribution < 1.29 is 8.42 Å². The van der Waals surface area contributed by atoms with Crippen LogP contribution in [0.2, 0.25) is 0 Å². The van der Waals surface area contributed by atoms with E-state index in [-0.39, 0.29) is 4.90 Å². The van der Waals surface area contributed by atoms with Crippen LogP contribution in [0, 0.1) is 13.8 Å². The number of nitrogens with two attached hydrogens (primary N) is 1. The van der Waals surface area contributed by atoms with Gasteiger partial charge in [-0.3, -0.25) is 4.72 Å². The molecular weight excluding hydrogens is 272 g/mol. The molecule has 5 heteroatoms. The molecule has 0 fully saturated rings. The third-order valence-corrected chi connectivity index (χ3v) is 4.60. The Morgan fingerprint density at radius 2 is 1.70 bits per heavy atom. The average molecular weight is 290 g/mol. The highest BCUT2D eigenvalue weighted by Crippen LogP contribution is 2.21. The monoisotopic (exact) mass is 290 g/mol. The Balaban J connectivity index is 2.37. The number of hydrogen-bond donors (Lipinski definition) is 2. The molecule has 0 unspecified atom stereocenters. The van der Waals surface area contributed by atoms with Crippen LogP contribution in [0.15, 0.2) is 47.4 Å². The fourth-order valence-electron chi connectivity index (χ4n) is 1.89. The number of benzene rings is 2. The number of sulfonamides is 1. The van der Waals surface area contributed by atoms with Crippen molar-refractivity contribution in [2.24, 2.45) is 5.73 Å². The normalized spacial score (nSPS) is 11.3. The fourth-order valence-corrected chi connectivity index (χ4v) is 3.25. The lowest BCUT2D eigenvalue weighted by atomic mass is 10.1. The molecule has 4 nitrogen and oxygen atoms in total. The minimum Gasteiger partial charge on any atom is -0.326 e. The lowest BCUT2D eigenvalue weighted by Crippen LogP contribution is -2.15.